The molecule has 0 bridgehead atoms. The number of hydrogen-bond acceptors (Lipinski definition) is 5. The summed E-state index contributed by atoms with van der Waals surface area (Å²) in [6, 6.07) is 16.9. The number of rotatable bonds is 5. The van der Waals surface area contributed by atoms with Gasteiger partial charge in [0.1, 0.15) is 6.04 Å². The van der Waals surface area contributed by atoms with Crippen LogP contribution in [0.25, 0.3) is 0 Å². The third-order valence-corrected chi connectivity index (χ3v) is 7.49. The van der Waals surface area contributed by atoms with Gasteiger partial charge in [0, 0.05) is 59.0 Å². The lowest BCUT2D eigenvalue weighted by molar-refractivity contribution is -0.136. The van der Waals surface area contributed by atoms with E-state index in [1.807, 2.05) is 67.4 Å². The Labute approximate surface area is 227 Å². The molecule has 8 heteroatoms. The van der Waals surface area contributed by atoms with E-state index in [9.17, 15) is 14.4 Å². The second kappa shape index (κ2) is 13.4. The molecule has 0 saturated carbocycles. The summed E-state index contributed by atoms with van der Waals surface area (Å²) in [6.07, 6.45) is 3.18. The van der Waals surface area contributed by atoms with Crippen LogP contribution >= 0.6 is 0 Å². The molecule has 0 spiro atoms. The Kier molecular flexibility index (Phi) is 9.76. The van der Waals surface area contributed by atoms with Crippen molar-refractivity contribution in [3.8, 4) is 0 Å². The molecule has 2 aromatic carbocycles. The van der Waals surface area contributed by atoms with Crippen LogP contribution in [0.15, 0.2) is 54.6 Å². The summed E-state index contributed by atoms with van der Waals surface area (Å²) in [6.45, 7) is 5.40. The Morgan fingerprint density at radius 3 is 2.47 bits per heavy atom. The highest BCUT2D eigenvalue weighted by Gasteiger charge is 2.34. The number of hydrogen-bond donors (Lipinski definition) is 1. The first-order valence-electron chi connectivity index (χ1n) is 13.7. The minimum Gasteiger partial charge on any atom is -0.381 e. The molecule has 0 aromatic heterocycles. The second-order valence-corrected chi connectivity index (χ2v) is 10.4. The summed E-state index contributed by atoms with van der Waals surface area (Å²) in [5.74, 6) is -0.224. The predicted octanol–water partition coefficient (Wildman–Crippen LogP) is 3.70. The van der Waals surface area contributed by atoms with Gasteiger partial charge in [-0.05, 0) is 62.8 Å². The van der Waals surface area contributed by atoms with Gasteiger partial charge in [-0.1, -0.05) is 35.9 Å². The van der Waals surface area contributed by atoms with Crippen molar-refractivity contribution < 1.29 is 20.5 Å². The quantitative estimate of drug-likeness (QED) is 0.648. The Morgan fingerprint density at radius 1 is 1.00 bits per heavy atom. The first-order valence-corrected chi connectivity index (χ1v) is 13.7. The van der Waals surface area contributed by atoms with Gasteiger partial charge in [-0.2, -0.15) is 0 Å². The maximum atomic E-state index is 14.0. The van der Waals surface area contributed by atoms with Crippen LogP contribution in [0, 0.1) is 12.8 Å². The van der Waals surface area contributed by atoms with Crippen molar-refractivity contribution in [2.24, 2.45) is 5.92 Å². The number of para-hydroxylation sites is 1. The number of amides is 3. The van der Waals surface area contributed by atoms with E-state index in [1.165, 1.54) is 0 Å². The molecule has 2 saturated heterocycles. The van der Waals surface area contributed by atoms with E-state index in [0.29, 0.717) is 57.9 Å². The number of nitrogens with zero attached hydrogens (tertiary/aromatic N) is 3. The molecule has 0 aliphatic carbocycles. The van der Waals surface area contributed by atoms with E-state index in [2.05, 4.69) is 10.2 Å². The summed E-state index contributed by atoms with van der Waals surface area (Å²) in [4.78, 5) is 45.9. The molecule has 4 rings (SSSR count). The number of aryl methyl sites for hydroxylation is 1. The highest BCUT2D eigenvalue weighted by atomic mass is 16.5. The lowest BCUT2D eigenvalue weighted by Gasteiger charge is -2.34. The lowest BCUT2D eigenvalue weighted by Crippen LogP contribution is -2.54. The molecule has 1 N–H and O–H groups in total. The molecule has 2 fully saturated rings. The normalized spacial score (nSPS) is 19.0. The maximum Gasteiger partial charge on any atom is 0.251 e. The lowest BCUT2D eigenvalue weighted by atomic mass is 9.90. The number of nitrogens with one attached hydrogen (secondary N) is 1. The van der Waals surface area contributed by atoms with Crippen molar-refractivity contribution in [2.75, 3.05) is 51.5 Å². The van der Waals surface area contributed by atoms with Gasteiger partial charge in [-0.3, -0.25) is 14.4 Å². The Bertz CT molecular complexity index is 1090. The van der Waals surface area contributed by atoms with E-state index in [1.54, 1.807) is 11.0 Å². The standard InChI is InChI=1S/C30H40N4O4.H2/c1-23-9-6-10-25(21-23)29(36)31-28(24-14-19-38-20-15-24)30(37)33-16-7-13-27(35)32(2)22-34(18-8-17-33)26-11-4-3-5-12-26;/h3-6,9-12,21,24,28H,7-8,13-20,22H2,1-2H3,(H,31,36);1H. The van der Waals surface area contributed by atoms with Crippen molar-refractivity contribution in [3.05, 3.63) is 65.7 Å². The molecule has 3 amide bonds. The fourth-order valence-electron chi connectivity index (χ4n) is 5.29. The van der Waals surface area contributed by atoms with E-state index in [4.69, 9.17) is 4.74 Å². The number of ether oxygens (including phenoxy) is 1. The molecule has 1 atom stereocenters. The SMILES string of the molecule is Cc1cccc(C(=O)NC(C(=O)N2CCCC(=O)N(C)CN(c3ccccc3)CCC2)C2CCOCC2)c1.[HH]. The van der Waals surface area contributed by atoms with Gasteiger partial charge in [-0.25, -0.2) is 0 Å². The highest BCUT2D eigenvalue weighted by Crippen LogP contribution is 2.22. The van der Waals surface area contributed by atoms with Crippen molar-refractivity contribution >= 4 is 23.4 Å². The first kappa shape index (κ1) is 27.6. The molecule has 2 heterocycles. The molecule has 2 aromatic rings. The monoisotopic (exact) mass is 522 g/mol. The van der Waals surface area contributed by atoms with Gasteiger partial charge >= 0.3 is 0 Å². The van der Waals surface area contributed by atoms with Crippen LogP contribution in [-0.2, 0) is 14.3 Å². The average molecular weight is 523 g/mol. The van der Waals surface area contributed by atoms with Crippen LogP contribution in [0.3, 0.4) is 0 Å². The molecule has 2 aliphatic heterocycles. The zero-order chi connectivity index (χ0) is 26.9. The van der Waals surface area contributed by atoms with Crippen molar-refractivity contribution in [3.63, 3.8) is 0 Å². The second-order valence-electron chi connectivity index (χ2n) is 10.4. The Balaban J connectivity index is 0.00000420. The predicted molar refractivity (Wildman–Crippen MR) is 150 cm³/mol. The summed E-state index contributed by atoms with van der Waals surface area (Å²) < 4.78 is 5.55. The minimum atomic E-state index is -0.624. The third-order valence-electron chi connectivity index (χ3n) is 7.49. The number of carbonyl (C=O) groups is 3. The topological polar surface area (TPSA) is 82.2 Å². The molecule has 38 heavy (non-hydrogen) atoms. The fourth-order valence-corrected chi connectivity index (χ4v) is 5.29. The molecule has 1 unspecified atom stereocenters. The zero-order valence-electron chi connectivity index (χ0n) is 22.6. The third kappa shape index (κ3) is 7.34. The molecular weight excluding hydrogens is 480 g/mol. The van der Waals surface area contributed by atoms with Gasteiger partial charge in [0.2, 0.25) is 11.8 Å². The summed E-state index contributed by atoms with van der Waals surface area (Å²) >= 11 is 0. The molecule has 2 aliphatic rings. The van der Waals surface area contributed by atoms with Crippen LogP contribution in [0.4, 0.5) is 5.69 Å². The highest BCUT2D eigenvalue weighted by molar-refractivity contribution is 5.97. The molecule has 206 valence electrons. The summed E-state index contributed by atoms with van der Waals surface area (Å²) in [5, 5.41) is 3.08. The number of carbonyl (C=O) groups excluding carboxylic acids is 3. The Morgan fingerprint density at radius 2 is 1.74 bits per heavy atom. The van der Waals surface area contributed by atoms with Gasteiger partial charge in [0.05, 0.1) is 6.67 Å². The fraction of sp³-hybridized carbons (Fsp3) is 0.500. The zero-order valence-corrected chi connectivity index (χ0v) is 22.6. The van der Waals surface area contributed by atoms with Crippen molar-refractivity contribution in [2.45, 2.75) is 45.1 Å². The van der Waals surface area contributed by atoms with Gasteiger partial charge in [0.15, 0.2) is 0 Å². The summed E-state index contributed by atoms with van der Waals surface area (Å²) in [5.41, 5.74) is 2.60. The van der Waals surface area contributed by atoms with Crippen molar-refractivity contribution in [1.82, 2.24) is 15.1 Å². The average Bonchev–Trinajstić information content (AvgIpc) is 2.97. The first-order chi connectivity index (χ1) is 18.4. The van der Waals surface area contributed by atoms with Crippen molar-refractivity contribution in [1.29, 1.82) is 0 Å². The van der Waals surface area contributed by atoms with Gasteiger partial charge in [0.25, 0.3) is 5.91 Å². The molecular formula is C30H42N4O4. The van der Waals surface area contributed by atoms with Crippen LogP contribution in [0.1, 0.15) is 49.5 Å². The van der Waals surface area contributed by atoms with Crippen LogP contribution in [0.5, 0.6) is 0 Å². The Hall–Kier alpha value is -3.39. The van der Waals surface area contributed by atoms with Crippen LogP contribution in [0.2, 0.25) is 0 Å². The van der Waals surface area contributed by atoms with Crippen LogP contribution in [-0.4, -0.2) is 80.1 Å². The largest absolute Gasteiger partial charge is 0.381 e. The number of anilines is 1. The molecule has 8 nitrogen and oxygen atoms in total. The minimum absolute atomic E-state index is 0. The van der Waals surface area contributed by atoms with E-state index < -0.39 is 6.04 Å². The maximum absolute atomic E-state index is 14.0. The molecule has 0 radical (unpaired) electrons. The smallest absolute Gasteiger partial charge is 0.251 e. The van der Waals surface area contributed by atoms with Crippen LogP contribution < -0.4 is 10.2 Å². The van der Waals surface area contributed by atoms with E-state index in [-0.39, 0.29) is 25.1 Å². The summed E-state index contributed by atoms with van der Waals surface area (Å²) in [7, 11) is 1.83. The van der Waals surface area contributed by atoms with E-state index >= 15 is 0 Å². The van der Waals surface area contributed by atoms with E-state index in [0.717, 1.165) is 30.5 Å². The van der Waals surface area contributed by atoms with Gasteiger partial charge < -0.3 is 24.8 Å². The number of benzene rings is 2. The van der Waals surface area contributed by atoms with Gasteiger partial charge in [-0.15, -0.1) is 0 Å².